The van der Waals surface area contributed by atoms with E-state index in [9.17, 15) is 26.4 Å². The Morgan fingerprint density at radius 2 is 1.70 bits per heavy atom. The number of hydrogen-bond donors (Lipinski definition) is 2. The zero-order valence-electron chi connectivity index (χ0n) is 17.2. The average Bonchev–Trinajstić information content (AvgIpc) is 3.06. The van der Waals surface area contributed by atoms with E-state index in [4.69, 9.17) is 4.55 Å². The number of halogens is 3. The molecular formula is C20H21F3N4O5S. The van der Waals surface area contributed by atoms with E-state index in [1.807, 2.05) is 24.3 Å². The highest BCUT2D eigenvalue weighted by Gasteiger charge is 2.38. The van der Waals surface area contributed by atoms with E-state index in [0.29, 0.717) is 45.3 Å². The zero-order valence-corrected chi connectivity index (χ0v) is 18.1. The van der Waals surface area contributed by atoms with Gasteiger partial charge in [-0.25, -0.2) is 4.79 Å². The lowest BCUT2D eigenvalue weighted by Crippen LogP contribution is -2.47. The first-order chi connectivity index (χ1) is 15.5. The normalized spacial score (nSPS) is 15.8. The minimum Gasteiger partial charge on any atom is -0.366 e. The molecule has 1 saturated heterocycles. The van der Waals surface area contributed by atoms with Crippen LogP contribution in [-0.2, 0) is 23.1 Å². The molecule has 3 aromatic rings. The minimum atomic E-state index is -5.16. The summed E-state index contributed by atoms with van der Waals surface area (Å²) >= 11 is 0. The SMILES string of the molecule is O=c1[nH]c2ccccc2n1CCN1CCN(c2cccc(C(F)(F)F)c2OS(=O)(=O)O)CC1. The van der Waals surface area contributed by atoms with Gasteiger partial charge in [0, 0.05) is 39.3 Å². The van der Waals surface area contributed by atoms with Gasteiger partial charge >= 0.3 is 22.3 Å². The van der Waals surface area contributed by atoms with Crippen molar-refractivity contribution in [2.45, 2.75) is 12.7 Å². The van der Waals surface area contributed by atoms with Gasteiger partial charge in [0.25, 0.3) is 0 Å². The molecule has 0 unspecified atom stereocenters. The first-order valence-corrected chi connectivity index (χ1v) is 11.4. The number of alkyl halides is 3. The molecule has 13 heteroatoms. The molecule has 2 aromatic carbocycles. The van der Waals surface area contributed by atoms with Gasteiger partial charge in [-0.3, -0.25) is 14.0 Å². The van der Waals surface area contributed by atoms with Gasteiger partial charge in [0.1, 0.15) is 5.56 Å². The summed E-state index contributed by atoms with van der Waals surface area (Å²) in [7, 11) is -5.16. The van der Waals surface area contributed by atoms with Crippen LogP contribution in [0.3, 0.4) is 0 Å². The summed E-state index contributed by atoms with van der Waals surface area (Å²) in [6.07, 6.45) is -4.87. The van der Waals surface area contributed by atoms with Crippen molar-refractivity contribution in [2.75, 3.05) is 37.6 Å². The summed E-state index contributed by atoms with van der Waals surface area (Å²) in [6.45, 7) is 2.52. The number of aromatic amines is 1. The van der Waals surface area contributed by atoms with Crippen molar-refractivity contribution in [3.8, 4) is 5.75 Å². The summed E-state index contributed by atoms with van der Waals surface area (Å²) in [6, 6.07) is 10.5. The van der Waals surface area contributed by atoms with Crippen molar-refractivity contribution < 1.29 is 30.3 Å². The standard InChI is InChI=1S/C20H21F3N4O5S/c21-20(22,23)14-4-3-7-17(18(14)32-33(29,30)31)26-11-8-25(9-12-26)10-13-27-16-6-2-1-5-15(16)24-19(27)28/h1-7H,8-13H2,(H,24,28)(H,29,30,31). The third-order valence-electron chi connectivity index (χ3n) is 5.52. The van der Waals surface area contributed by atoms with Crippen LogP contribution in [0.2, 0.25) is 0 Å². The Bertz CT molecular complexity index is 1310. The van der Waals surface area contributed by atoms with E-state index in [2.05, 4.69) is 14.1 Å². The van der Waals surface area contributed by atoms with Crippen LogP contribution in [0.4, 0.5) is 18.9 Å². The van der Waals surface area contributed by atoms with Gasteiger partial charge in [-0.15, -0.1) is 0 Å². The lowest BCUT2D eigenvalue weighted by molar-refractivity contribution is -0.138. The number of fused-ring (bicyclic) bond motifs is 1. The fraction of sp³-hybridized carbons (Fsp3) is 0.350. The number of rotatable bonds is 6. The molecule has 4 rings (SSSR count). The minimum absolute atomic E-state index is 0.0741. The van der Waals surface area contributed by atoms with Crippen LogP contribution in [0, 0.1) is 0 Å². The van der Waals surface area contributed by atoms with Crippen LogP contribution in [0.1, 0.15) is 5.56 Å². The van der Waals surface area contributed by atoms with Crippen LogP contribution in [0.5, 0.6) is 5.75 Å². The Balaban J connectivity index is 1.47. The first kappa shape index (κ1) is 23.1. The molecule has 1 aliphatic heterocycles. The summed E-state index contributed by atoms with van der Waals surface area (Å²) in [5.41, 5.74) is -0.0557. The summed E-state index contributed by atoms with van der Waals surface area (Å²) in [4.78, 5) is 18.6. The smallest absolute Gasteiger partial charge is 0.366 e. The number of aromatic nitrogens is 2. The largest absolute Gasteiger partial charge is 0.446 e. The summed E-state index contributed by atoms with van der Waals surface area (Å²) < 4.78 is 77.6. The third-order valence-corrected chi connectivity index (χ3v) is 5.90. The predicted octanol–water partition coefficient (Wildman–Crippen LogP) is 2.35. The van der Waals surface area contributed by atoms with Crippen molar-refractivity contribution in [1.82, 2.24) is 14.5 Å². The number of anilines is 1. The van der Waals surface area contributed by atoms with Crippen molar-refractivity contribution in [3.05, 3.63) is 58.5 Å². The first-order valence-electron chi connectivity index (χ1n) is 10.0. The van der Waals surface area contributed by atoms with Crippen LogP contribution in [-0.4, -0.2) is 60.1 Å². The quantitative estimate of drug-likeness (QED) is 0.515. The molecule has 33 heavy (non-hydrogen) atoms. The second-order valence-corrected chi connectivity index (χ2v) is 8.61. The van der Waals surface area contributed by atoms with Gasteiger partial charge < -0.3 is 14.1 Å². The highest BCUT2D eigenvalue weighted by Crippen LogP contribution is 2.42. The molecule has 0 bridgehead atoms. The summed E-state index contributed by atoms with van der Waals surface area (Å²) in [5, 5.41) is 0. The molecule has 178 valence electrons. The third kappa shape index (κ3) is 5.15. The predicted molar refractivity (Wildman–Crippen MR) is 115 cm³/mol. The average molecular weight is 486 g/mol. The number of nitrogens with one attached hydrogen (secondary N) is 1. The molecule has 0 saturated carbocycles. The Morgan fingerprint density at radius 3 is 2.36 bits per heavy atom. The number of hydrogen-bond acceptors (Lipinski definition) is 6. The van der Waals surface area contributed by atoms with E-state index >= 15 is 0 Å². The maximum absolute atomic E-state index is 13.4. The molecule has 1 aliphatic rings. The zero-order chi connectivity index (χ0) is 23.8. The lowest BCUT2D eigenvalue weighted by atomic mass is 10.1. The topological polar surface area (TPSA) is 108 Å². The van der Waals surface area contributed by atoms with Crippen LogP contribution < -0.4 is 14.8 Å². The monoisotopic (exact) mass is 486 g/mol. The van der Waals surface area contributed by atoms with E-state index < -0.39 is 27.9 Å². The van der Waals surface area contributed by atoms with Crippen molar-refractivity contribution in [1.29, 1.82) is 0 Å². The molecule has 2 heterocycles. The lowest BCUT2D eigenvalue weighted by Gasteiger charge is -2.36. The number of piperazine rings is 1. The van der Waals surface area contributed by atoms with Crippen molar-refractivity contribution in [2.24, 2.45) is 0 Å². The van der Waals surface area contributed by atoms with Crippen molar-refractivity contribution in [3.63, 3.8) is 0 Å². The molecular weight excluding hydrogens is 465 g/mol. The molecule has 9 nitrogen and oxygen atoms in total. The van der Waals surface area contributed by atoms with E-state index in [0.717, 1.165) is 17.1 Å². The Labute approximate surface area is 186 Å². The van der Waals surface area contributed by atoms with Crippen LogP contribution in [0.15, 0.2) is 47.3 Å². The van der Waals surface area contributed by atoms with Crippen LogP contribution >= 0.6 is 0 Å². The second kappa shape index (κ2) is 8.72. The molecule has 0 aliphatic carbocycles. The molecule has 0 spiro atoms. The van der Waals surface area contributed by atoms with Gasteiger partial charge in [-0.05, 0) is 24.3 Å². The molecule has 0 radical (unpaired) electrons. The molecule has 1 aromatic heterocycles. The molecule has 1 fully saturated rings. The Hall–Kier alpha value is -3.03. The van der Waals surface area contributed by atoms with Gasteiger partial charge in [-0.2, -0.15) is 21.6 Å². The fourth-order valence-electron chi connectivity index (χ4n) is 3.97. The van der Waals surface area contributed by atoms with Crippen molar-refractivity contribution >= 4 is 27.1 Å². The number of para-hydroxylation sites is 3. The molecule has 2 N–H and O–H groups in total. The number of nitrogens with zero attached hydrogens (tertiary/aromatic N) is 3. The van der Waals surface area contributed by atoms with Gasteiger partial charge in [0.15, 0.2) is 5.75 Å². The highest BCUT2D eigenvalue weighted by atomic mass is 32.3. The van der Waals surface area contributed by atoms with Gasteiger partial charge in [-0.1, -0.05) is 18.2 Å². The Kier molecular flexibility index (Phi) is 6.12. The van der Waals surface area contributed by atoms with E-state index in [-0.39, 0.29) is 11.4 Å². The number of imidazole rings is 1. The molecule has 0 atom stereocenters. The summed E-state index contributed by atoms with van der Waals surface area (Å²) in [5.74, 6) is -0.953. The maximum Gasteiger partial charge on any atom is 0.446 e. The van der Waals surface area contributed by atoms with E-state index in [1.165, 1.54) is 6.07 Å². The maximum atomic E-state index is 13.4. The Morgan fingerprint density at radius 1 is 1.00 bits per heavy atom. The van der Waals surface area contributed by atoms with E-state index in [1.54, 1.807) is 9.47 Å². The van der Waals surface area contributed by atoms with Gasteiger partial charge in [0.05, 0.1) is 16.7 Å². The van der Waals surface area contributed by atoms with Gasteiger partial charge in [0.2, 0.25) is 0 Å². The van der Waals surface area contributed by atoms with Crippen LogP contribution in [0.25, 0.3) is 11.0 Å². The second-order valence-electron chi connectivity index (χ2n) is 7.59. The number of benzene rings is 2. The molecule has 0 amide bonds. The number of H-pyrrole nitrogens is 1. The highest BCUT2D eigenvalue weighted by molar-refractivity contribution is 7.81. The fourth-order valence-corrected chi connectivity index (χ4v) is 4.36.